The maximum absolute atomic E-state index is 12.3. The summed E-state index contributed by atoms with van der Waals surface area (Å²) in [6.07, 6.45) is 4.38. The Morgan fingerprint density at radius 2 is 2.05 bits per heavy atom. The predicted molar refractivity (Wildman–Crippen MR) is 78.6 cm³/mol. The molecule has 0 aromatic heterocycles. The summed E-state index contributed by atoms with van der Waals surface area (Å²) in [5.74, 6) is 0.211. The standard InChI is InChI=1S/C15H20N2O.ClH/c18-14(17-11-13-7-4-10-16-13)15(8-9-15)12-5-2-1-3-6-12;/h1-3,5-6,13,16H,4,7-11H2,(H,17,18);1H. The van der Waals surface area contributed by atoms with Crippen molar-refractivity contribution >= 4 is 18.3 Å². The zero-order valence-corrected chi connectivity index (χ0v) is 11.8. The van der Waals surface area contributed by atoms with Crippen LogP contribution in [0.3, 0.4) is 0 Å². The first-order valence-electron chi connectivity index (χ1n) is 6.88. The molecule has 2 N–H and O–H groups in total. The van der Waals surface area contributed by atoms with Gasteiger partial charge in [0.1, 0.15) is 0 Å². The van der Waals surface area contributed by atoms with Crippen molar-refractivity contribution in [2.45, 2.75) is 37.1 Å². The summed E-state index contributed by atoms with van der Waals surface area (Å²) in [4.78, 5) is 12.3. The quantitative estimate of drug-likeness (QED) is 0.886. The third-order valence-electron chi connectivity index (χ3n) is 4.18. The van der Waals surface area contributed by atoms with E-state index in [4.69, 9.17) is 0 Å². The van der Waals surface area contributed by atoms with Crippen molar-refractivity contribution in [1.82, 2.24) is 10.6 Å². The van der Waals surface area contributed by atoms with Gasteiger partial charge < -0.3 is 10.6 Å². The zero-order valence-electron chi connectivity index (χ0n) is 11.0. The maximum atomic E-state index is 12.3. The lowest BCUT2D eigenvalue weighted by molar-refractivity contribution is -0.123. The molecule has 1 unspecified atom stereocenters. The van der Waals surface area contributed by atoms with E-state index in [9.17, 15) is 4.79 Å². The summed E-state index contributed by atoms with van der Waals surface area (Å²) < 4.78 is 0. The van der Waals surface area contributed by atoms with E-state index in [-0.39, 0.29) is 23.7 Å². The van der Waals surface area contributed by atoms with Gasteiger partial charge in [-0.05, 0) is 37.8 Å². The van der Waals surface area contributed by atoms with Crippen molar-refractivity contribution < 1.29 is 4.79 Å². The SMILES string of the molecule is Cl.O=C(NCC1CCCN1)C1(c2ccccc2)CC1. The molecule has 3 nitrogen and oxygen atoms in total. The van der Waals surface area contributed by atoms with Gasteiger partial charge in [0.15, 0.2) is 0 Å². The molecule has 1 aliphatic carbocycles. The monoisotopic (exact) mass is 280 g/mol. The van der Waals surface area contributed by atoms with E-state index in [0.29, 0.717) is 6.04 Å². The highest BCUT2D eigenvalue weighted by atomic mass is 35.5. The van der Waals surface area contributed by atoms with Crippen LogP contribution in [0.4, 0.5) is 0 Å². The molecule has 1 aromatic rings. The van der Waals surface area contributed by atoms with Gasteiger partial charge >= 0.3 is 0 Å². The van der Waals surface area contributed by atoms with E-state index in [2.05, 4.69) is 22.8 Å². The second-order valence-corrected chi connectivity index (χ2v) is 5.45. The lowest BCUT2D eigenvalue weighted by Gasteiger charge is -2.18. The van der Waals surface area contributed by atoms with Crippen LogP contribution in [0.5, 0.6) is 0 Å². The number of rotatable bonds is 4. The number of carbonyl (C=O) groups is 1. The molecular formula is C15H21ClN2O. The molecule has 1 aromatic carbocycles. The Bertz CT molecular complexity index is 425. The van der Waals surface area contributed by atoms with Gasteiger partial charge in [-0.1, -0.05) is 30.3 Å². The summed E-state index contributed by atoms with van der Waals surface area (Å²) >= 11 is 0. The first-order chi connectivity index (χ1) is 8.81. The van der Waals surface area contributed by atoms with Gasteiger partial charge in [0.2, 0.25) is 5.91 Å². The van der Waals surface area contributed by atoms with Crippen molar-refractivity contribution in [2.75, 3.05) is 13.1 Å². The largest absolute Gasteiger partial charge is 0.354 e. The number of amides is 1. The molecule has 1 amide bonds. The highest BCUT2D eigenvalue weighted by Crippen LogP contribution is 2.48. The van der Waals surface area contributed by atoms with Gasteiger partial charge in [-0.2, -0.15) is 0 Å². The molecule has 0 spiro atoms. The Labute approximate surface area is 120 Å². The van der Waals surface area contributed by atoms with Crippen LogP contribution in [0.15, 0.2) is 30.3 Å². The van der Waals surface area contributed by atoms with Crippen molar-refractivity contribution in [3.8, 4) is 0 Å². The van der Waals surface area contributed by atoms with Crippen molar-refractivity contribution in [3.63, 3.8) is 0 Å². The summed E-state index contributed by atoms with van der Waals surface area (Å²) in [7, 11) is 0. The van der Waals surface area contributed by atoms with Crippen LogP contribution in [0.2, 0.25) is 0 Å². The fourth-order valence-corrected chi connectivity index (χ4v) is 2.85. The van der Waals surface area contributed by atoms with Crippen LogP contribution < -0.4 is 10.6 Å². The number of halogens is 1. The highest BCUT2D eigenvalue weighted by Gasteiger charge is 2.51. The van der Waals surface area contributed by atoms with Crippen molar-refractivity contribution in [1.29, 1.82) is 0 Å². The van der Waals surface area contributed by atoms with E-state index in [1.54, 1.807) is 0 Å². The number of carbonyl (C=O) groups excluding carboxylic acids is 1. The van der Waals surface area contributed by atoms with Gasteiger partial charge in [-0.25, -0.2) is 0 Å². The van der Waals surface area contributed by atoms with E-state index >= 15 is 0 Å². The van der Waals surface area contributed by atoms with Gasteiger partial charge in [0.25, 0.3) is 0 Å². The van der Waals surface area contributed by atoms with E-state index in [1.807, 2.05) is 18.2 Å². The molecular weight excluding hydrogens is 260 g/mol. The van der Waals surface area contributed by atoms with Gasteiger partial charge in [-0.3, -0.25) is 4.79 Å². The molecule has 104 valence electrons. The van der Waals surface area contributed by atoms with Gasteiger partial charge in [0.05, 0.1) is 5.41 Å². The van der Waals surface area contributed by atoms with Crippen LogP contribution in [-0.2, 0) is 10.2 Å². The van der Waals surface area contributed by atoms with Crippen LogP contribution in [0, 0.1) is 0 Å². The molecule has 1 heterocycles. The fourth-order valence-electron chi connectivity index (χ4n) is 2.85. The molecule has 19 heavy (non-hydrogen) atoms. The smallest absolute Gasteiger partial charge is 0.230 e. The van der Waals surface area contributed by atoms with Crippen molar-refractivity contribution in [2.24, 2.45) is 0 Å². The normalized spacial score (nSPS) is 23.5. The number of nitrogens with one attached hydrogen (secondary N) is 2. The lowest BCUT2D eigenvalue weighted by atomic mass is 9.95. The molecule has 1 atom stereocenters. The van der Waals surface area contributed by atoms with E-state index in [0.717, 1.165) is 25.9 Å². The first-order valence-corrected chi connectivity index (χ1v) is 6.88. The molecule has 2 fully saturated rings. The zero-order chi connectivity index (χ0) is 12.4. The van der Waals surface area contributed by atoms with E-state index in [1.165, 1.54) is 18.4 Å². The minimum atomic E-state index is -0.222. The number of hydrogen-bond donors (Lipinski definition) is 2. The second-order valence-electron chi connectivity index (χ2n) is 5.45. The summed E-state index contributed by atoms with van der Waals surface area (Å²) in [5.41, 5.74) is 0.946. The first kappa shape index (κ1) is 14.4. The van der Waals surface area contributed by atoms with Crippen LogP contribution in [-0.4, -0.2) is 25.0 Å². The average Bonchev–Trinajstić information content (AvgIpc) is 3.07. The Hall–Kier alpha value is -1.06. The molecule has 0 bridgehead atoms. The minimum absolute atomic E-state index is 0. The Morgan fingerprint density at radius 1 is 1.32 bits per heavy atom. The Kier molecular flexibility index (Phi) is 4.48. The molecule has 1 saturated heterocycles. The van der Waals surface area contributed by atoms with Crippen LogP contribution in [0.1, 0.15) is 31.2 Å². The molecule has 1 saturated carbocycles. The van der Waals surface area contributed by atoms with Gasteiger partial charge in [-0.15, -0.1) is 12.4 Å². The number of hydrogen-bond acceptors (Lipinski definition) is 2. The lowest BCUT2D eigenvalue weighted by Crippen LogP contribution is -2.41. The highest BCUT2D eigenvalue weighted by molar-refractivity contribution is 5.91. The third-order valence-corrected chi connectivity index (χ3v) is 4.18. The molecule has 0 radical (unpaired) electrons. The number of benzene rings is 1. The molecule has 2 aliphatic rings. The molecule has 1 aliphatic heterocycles. The average molecular weight is 281 g/mol. The summed E-state index contributed by atoms with van der Waals surface area (Å²) in [6, 6.07) is 10.6. The minimum Gasteiger partial charge on any atom is -0.354 e. The second kappa shape index (κ2) is 5.93. The van der Waals surface area contributed by atoms with Crippen LogP contribution in [0.25, 0.3) is 0 Å². The maximum Gasteiger partial charge on any atom is 0.230 e. The Morgan fingerprint density at radius 3 is 2.63 bits per heavy atom. The molecule has 4 heteroatoms. The topological polar surface area (TPSA) is 41.1 Å². The summed E-state index contributed by atoms with van der Waals surface area (Å²) in [5, 5.41) is 6.53. The predicted octanol–water partition coefficient (Wildman–Crippen LogP) is 2.01. The fraction of sp³-hybridized carbons (Fsp3) is 0.533. The Balaban J connectivity index is 0.00000133. The molecule has 3 rings (SSSR count). The third kappa shape index (κ3) is 2.93. The summed E-state index contributed by atoms with van der Waals surface area (Å²) in [6.45, 7) is 1.86. The van der Waals surface area contributed by atoms with Gasteiger partial charge in [0, 0.05) is 12.6 Å². The van der Waals surface area contributed by atoms with Crippen molar-refractivity contribution in [3.05, 3.63) is 35.9 Å². The van der Waals surface area contributed by atoms with Crippen LogP contribution >= 0.6 is 12.4 Å². The van der Waals surface area contributed by atoms with E-state index < -0.39 is 0 Å².